The van der Waals surface area contributed by atoms with Gasteiger partial charge in [-0.3, -0.25) is 0 Å². The minimum atomic E-state index is 0.334. The third-order valence-electron chi connectivity index (χ3n) is 3.06. The predicted molar refractivity (Wildman–Crippen MR) is 68.2 cm³/mol. The van der Waals surface area contributed by atoms with Crippen molar-refractivity contribution in [2.45, 2.75) is 45.1 Å². The van der Waals surface area contributed by atoms with Gasteiger partial charge in [-0.05, 0) is 25.2 Å². The van der Waals surface area contributed by atoms with Crippen LogP contribution in [0.5, 0.6) is 0 Å². The van der Waals surface area contributed by atoms with Gasteiger partial charge >= 0.3 is 0 Å². The molecule has 0 amide bonds. The molecule has 2 heterocycles. The summed E-state index contributed by atoms with van der Waals surface area (Å²) in [6.07, 6.45) is 5.57. The first kappa shape index (κ1) is 12.3. The first-order chi connectivity index (χ1) is 8.25. The lowest BCUT2D eigenvalue weighted by molar-refractivity contribution is 0.0247. The zero-order valence-corrected chi connectivity index (χ0v) is 10.6. The van der Waals surface area contributed by atoms with Gasteiger partial charge in [0.15, 0.2) is 0 Å². The molecule has 0 radical (unpaired) electrons. The van der Waals surface area contributed by atoms with Crippen LogP contribution in [0.25, 0.3) is 0 Å². The Kier molecular flexibility index (Phi) is 4.31. The van der Waals surface area contributed by atoms with Gasteiger partial charge in [0.05, 0.1) is 6.10 Å². The van der Waals surface area contributed by atoms with Gasteiger partial charge in [-0.25, -0.2) is 9.97 Å². The molecule has 1 fully saturated rings. The van der Waals surface area contributed by atoms with E-state index >= 15 is 0 Å². The molecule has 1 aliphatic heterocycles. The van der Waals surface area contributed by atoms with Crippen LogP contribution in [0.15, 0.2) is 12.4 Å². The molecule has 4 heteroatoms. The monoisotopic (exact) mass is 235 g/mol. The van der Waals surface area contributed by atoms with Gasteiger partial charge in [0.25, 0.3) is 0 Å². The van der Waals surface area contributed by atoms with Crippen molar-refractivity contribution in [3.8, 4) is 0 Å². The fraction of sp³-hybridized carbons (Fsp3) is 0.692. The Labute approximate surface area is 103 Å². The van der Waals surface area contributed by atoms with E-state index in [0.717, 1.165) is 31.1 Å². The normalized spacial score (nSPS) is 20.5. The number of nitrogens with zero attached hydrogens (tertiary/aromatic N) is 2. The maximum atomic E-state index is 5.67. The van der Waals surface area contributed by atoms with Crippen LogP contribution in [0.3, 0.4) is 0 Å². The third kappa shape index (κ3) is 3.66. The summed E-state index contributed by atoms with van der Waals surface area (Å²) in [5.74, 6) is 1.34. The molecule has 4 nitrogen and oxygen atoms in total. The summed E-state index contributed by atoms with van der Waals surface area (Å²) in [5, 5.41) is 3.33. The second-order valence-electron chi connectivity index (χ2n) is 4.85. The molecular formula is C13H21N3O. The maximum Gasteiger partial charge on any atom is 0.129 e. The Morgan fingerprint density at radius 2 is 2.29 bits per heavy atom. The van der Waals surface area contributed by atoms with Gasteiger partial charge in [0.1, 0.15) is 12.1 Å². The average molecular weight is 235 g/mol. The van der Waals surface area contributed by atoms with E-state index in [-0.39, 0.29) is 0 Å². The molecule has 1 aromatic heterocycles. The van der Waals surface area contributed by atoms with Gasteiger partial charge < -0.3 is 10.1 Å². The Morgan fingerprint density at radius 1 is 1.41 bits per heavy atom. The minimum Gasteiger partial charge on any atom is -0.376 e. The van der Waals surface area contributed by atoms with E-state index in [4.69, 9.17) is 4.74 Å². The summed E-state index contributed by atoms with van der Waals surface area (Å²) in [6.45, 7) is 6.01. The third-order valence-corrected chi connectivity index (χ3v) is 3.06. The number of hydrogen-bond acceptors (Lipinski definition) is 4. The second-order valence-corrected chi connectivity index (χ2v) is 4.85. The topological polar surface area (TPSA) is 47.0 Å². The zero-order valence-electron chi connectivity index (χ0n) is 10.6. The summed E-state index contributed by atoms with van der Waals surface area (Å²) >= 11 is 0. The molecule has 1 saturated heterocycles. The number of nitrogens with one attached hydrogen (secondary N) is 1. The summed E-state index contributed by atoms with van der Waals surface area (Å²) in [4.78, 5) is 8.48. The molecule has 0 bridgehead atoms. The van der Waals surface area contributed by atoms with E-state index in [9.17, 15) is 0 Å². The molecule has 1 N–H and O–H groups in total. The van der Waals surface area contributed by atoms with E-state index < -0.39 is 0 Å². The smallest absolute Gasteiger partial charge is 0.129 e. The molecule has 0 saturated carbocycles. The SMILES string of the molecule is CC(C)c1cc(NCC2CCCCO2)ncn1. The molecule has 1 aliphatic rings. The number of hydrogen-bond donors (Lipinski definition) is 1. The minimum absolute atomic E-state index is 0.334. The van der Waals surface area contributed by atoms with Crippen molar-refractivity contribution in [1.82, 2.24) is 9.97 Å². The van der Waals surface area contributed by atoms with Crippen molar-refractivity contribution < 1.29 is 4.74 Å². The van der Waals surface area contributed by atoms with E-state index in [1.54, 1.807) is 6.33 Å². The first-order valence-electron chi connectivity index (χ1n) is 6.43. The summed E-state index contributed by atoms with van der Waals surface area (Å²) in [5.41, 5.74) is 1.08. The summed E-state index contributed by atoms with van der Waals surface area (Å²) in [6, 6.07) is 2.02. The molecule has 0 spiro atoms. The Hall–Kier alpha value is -1.16. The van der Waals surface area contributed by atoms with Gasteiger partial charge in [-0.2, -0.15) is 0 Å². The highest BCUT2D eigenvalue weighted by Gasteiger charge is 2.13. The largest absolute Gasteiger partial charge is 0.376 e. The number of ether oxygens (including phenoxy) is 1. The van der Waals surface area contributed by atoms with Gasteiger partial charge in [-0.1, -0.05) is 13.8 Å². The van der Waals surface area contributed by atoms with Crippen molar-refractivity contribution in [1.29, 1.82) is 0 Å². The molecule has 17 heavy (non-hydrogen) atoms. The Morgan fingerprint density at radius 3 is 3.00 bits per heavy atom. The lowest BCUT2D eigenvalue weighted by Crippen LogP contribution is -2.27. The van der Waals surface area contributed by atoms with E-state index in [1.165, 1.54) is 12.8 Å². The number of anilines is 1. The fourth-order valence-electron chi connectivity index (χ4n) is 1.97. The van der Waals surface area contributed by atoms with Crippen molar-refractivity contribution >= 4 is 5.82 Å². The summed E-state index contributed by atoms with van der Waals surface area (Å²) in [7, 11) is 0. The van der Waals surface area contributed by atoms with E-state index in [1.807, 2.05) is 6.07 Å². The molecule has 2 rings (SSSR count). The highest BCUT2D eigenvalue weighted by atomic mass is 16.5. The van der Waals surface area contributed by atoms with E-state index in [0.29, 0.717) is 12.0 Å². The number of aromatic nitrogens is 2. The van der Waals surface area contributed by atoms with Crippen LogP contribution in [0.2, 0.25) is 0 Å². The standard InChI is InChI=1S/C13H21N3O/c1-10(2)12-7-13(16-9-15-12)14-8-11-5-3-4-6-17-11/h7,9-11H,3-6,8H2,1-2H3,(H,14,15,16). The average Bonchev–Trinajstić information content (AvgIpc) is 2.38. The van der Waals surface area contributed by atoms with E-state index in [2.05, 4.69) is 29.1 Å². The number of rotatable bonds is 4. The maximum absolute atomic E-state index is 5.67. The first-order valence-corrected chi connectivity index (χ1v) is 6.43. The quantitative estimate of drug-likeness (QED) is 0.871. The lowest BCUT2D eigenvalue weighted by Gasteiger charge is -2.23. The molecule has 0 aromatic carbocycles. The van der Waals surface area contributed by atoms with Crippen LogP contribution in [0.1, 0.15) is 44.7 Å². The highest BCUT2D eigenvalue weighted by molar-refractivity contribution is 5.35. The van der Waals surface area contributed by atoms with Crippen LogP contribution in [0, 0.1) is 0 Å². The molecule has 1 unspecified atom stereocenters. The Balaban J connectivity index is 1.87. The van der Waals surface area contributed by atoms with Crippen LogP contribution in [0.4, 0.5) is 5.82 Å². The molecule has 1 atom stereocenters. The zero-order chi connectivity index (χ0) is 12.1. The Bertz CT molecular complexity index is 348. The van der Waals surface area contributed by atoms with Crippen LogP contribution >= 0.6 is 0 Å². The van der Waals surface area contributed by atoms with Crippen LogP contribution in [-0.2, 0) is 4.74 Å². The van der Waals surface area contributed by atoms with Crippen molar-refractivity contribution in [2.24, 2.45) is 0 Å². The van der Waals surface area contributed by atoms with Crippen molar-refractivity contribution in [3.63, 3.8) is 0 Å². The van der Waals surface area contributed by atoms with Gasteiger partial charge in [0.2, 0.25) is 0 Å². The van der Waals surface area contributed by atoms with Crippen LogP contribution in [-0.4, -0.2) is 29.2 Å². The summed E-state index contributed by atoms with van der Waals surface area (Å²) < 4.78 is 5.67. The van der Waals surface area contributed by atoms with Gasteiger partial charge in [0, 0.05) is 24.9 Å². The fourth-order valence-corrected chi connectivity index (χ4v) is 1.97. The van der Waals surface area contributed by atoms with Gasteiger partial charge in [-0.15, -0.1) is 0 Å². The van der Waals surface area contributed by atoms with Crippen molar-refractivity contribution in [3.05, 3.63) is 18.1 Å². The second kappa shape index (κ2) is 5.96. The molecule has 94 valence electrons. The molecule has 0 aliphatic carbocycles. The predicted octanol–water partition coefficient (Wildman–Crippen LogP) is 2.58. The van der Waals surface area contributed by atoms with Crippen LogP contribution < -0.4 is 5.32 Å². The molecular weight excluding hydrogens is 214 g/mol. The lowest BCUT2D eigenvalue weighted by atomic mass is 10.1. The molecule has 1 aromatic rings. The highest BCUT2D eigenvalue weighted by Crippen LogP contribution is 2.16. The van der Waals surface area contributed by atoms with Crippen molar-refractivity contribution in [2.75, 3.05) is 18.5 Å².